The summed E-state index contributed by atoms with van der Waals surface area (Å²) < 4.78 is 5.37. The standard InChI is InChI=1S/C12H9Cl2N3O3/c1-7-4-11(14)16-12(15-7)6-20-10-5-8(13)2-3-9(10)17(18)19/h2-5H,6H2,1H3. The molecule has 0 atom stereocenters. The molecule has 2 aromatic rings. The summed E-state index contributed by atoms with van der Waals surface area (Å²) in [6.07, 6.45) is 0. The molecule has 8 heteroatoms. The lowest BCUT2D eigenvalue weighted by Crippen LogP contribution is -2.04. The number of aromatic nitrogens is 2. The molecule has 0 aliphatic carbocycles. The lowest BCUT2D eigenvalue weighted by atomic mass is 10.3. The third-order valence-corrected chi connectivity index (χ3v) is 2.77. The molecule has 1 aromatic heterocycles. The Morgan fingerprint density at radius 1 is 1.30 bits per heavy atom. The van der Waals surface area contributed by atoms with E-state index >= 15 is 0 Å². The number of rotatable bonds is 4. The fourth-order valence-electron chi connectivity index (χ4n) is 1.55. The van der Waals surface area contributed by atoms with Crippen LogP contribution in [0.1, 0.15) is 11.5 Å². The molecule has 0 saturated heterocycles. The van der Waals surface area contributed by atoms with Crippen LogP contribution in [0, 0.1) is 17.0 Å². The number of hydrogen-bond donors (Lipinski definition) is 0. The summed E-state index contributed by atoms with van der Waals surface area (Å²) in [6.45, 7) is 1.72. The zero-order valence-corrected chi connectivity index (χ0v) is 11.9. The summed E-state index contributed by atoms with van der Waals surface area (Å²) in [5.41, 5.74) is 0.511. The maximum Gasteiger partial charge on any atom is 0.311 e. The maximum absolute atomic E-state index is 10.9. The molecule has 0 amide bonds. The molecule has 0 fully saturated rings. The normalized spacial score (nSPS) is 10.3. The molecule has 0 aliphatic heterocycles. The minimum absolute atomic E-state index is 0.0391. The number of hydrogen-bond acceptors (Lipinski definition) is 5. The number of aryl methyl sites for hydroxylation is 1. The number of nitro groups is 1. The van der Waals surface area contributed by atoms with Gasteiger partial charge in [0, 0.05) is 22.8 Å². The van der Waals surface area contributed by atoms with Crippen LogP contribution >= 0.6 is 23.2 Å². The van der Waals surface area contributed by atoms with E-state index in [2.05, 4.69) is 9.97 Å². The largest absolute Gasteiger partial charge is 0.479 e. The smallest absolute Gasteiger partial charge is 0.311 e. The van der Waals surface area contributed by atoms with Gasteiger partial charge >= 0.3 is 5.69 Å². The average Bonchev–Trinajstić information content (AvgIpc) is 2.35. The highest BCUT2D eigenvalue weighted by atomic mass is 35.5. The van der Waals surface area contributed by atoms with Gasteiger partial charge in [-0.1, -0.05) is 23.2 Å². The molecule has 0 aliphatic rings. The molecule has 1 aromatic carbocycles. The first-order valence-electron chi connectivity index (χ1n) is 5.52. The average molecular weight is 314 g/mol. The second-order valence-corrected chi connectivity index (χ2v) is 4.73. The van der Waals surface area contributed by atoms with Crippen molar-refractivity contribution in [1.29, 1.82) is 0 Å². The van der Waals surface area contributed by atoms with E-state index in [0.717, 1.165) is 0 Å². The Labute approximate surface area is 124 Å². The molecule has 0 N–H and O–H groups in total. The van der Waals surface area contributed by atoms with Crippen LogP contribution in [0.15, 0.2) is 24.3 Å². The van der Waals surface area contributed by atoms with Crippen LogP contribution < -0.4 is 4.74 Å². The lowest BCUT2D eigenvalue weighted by Gasteiger charge is -2.07. The molecular weight excluding hydrogens is 305 g/mol. The van der Waals surface area contributed by atoms with E-state index in [0.29, 0.717) is 16.5 Å². The third-order valence-electron chi connectivity index (χ3n) is 2.34. The summed E-state index contributed by atoms with van der Waals surface area (Å²) in [7, 11) is 0. The van der Waals surface area contributed by atoms with Crippen LogP contribution in [0.4, 0.5) is 5.69 Å². The van der Waals surface area contributed by atoms with Gasteiger partial charge in [0.1, 0.15) is 11.8 Å². The summed E-state index contributed by atoms with van der Waals surface area (Å²) in [5, 5.41) is 11.5. The van der Waals surface area contributed by atoms with Crippen molar-refractivity contribution in [3.05, 3.63) is 56.1 Å². The zero-order chi connectivity index (χ0) is 14.7. The Hall–Kier alpha value is -1.92. The zero-order valence-electron chi connectivity index (χ0n) is 10.3. The molecule has 0 unspecified atom stereocenters. The van der Waals surface area contributed by atoms with Gasteiger partial charge in [-0.05, 0) is 19.1 Å². The second-order valence-electron chi connectivity index (χ2n) is 3.91. The van der Waals surface area contributed by atoms with Crippen molar-refractivity contribution in [1.82, 2.24) is 9.97 Å². The van der Waals surface area contributed by atoms with Crippen molar-refractivity contribution in [2.24, 2.45) is 0 Å². The number of benzene rings is 1. The van der Waals surface area contributed by atoms with Crippen LogP contribution in [0.25, 0.3) is 0 Å². The molecule has 0 bridgehead atoms. The minimum Gasteiger partial charge on any atom is -0.479 e. The molecule has 0 saturated carbocycles. The highest BCUT2D eigenvalue weighted by Gasteiger charge is 2.16. The molecule has 20 heavy (non-hydrogen) atoms. The summed E-state index contributed by atoms with van der Waals surface area (Å²) in [4.78, 5) is 18.4. The fraction of sp³-hybridized carbons (Fsp3) is 0.167. The van der Waals surface area contributed by atoms with Gasteiger partial charge < -0.3 is 4.74 Å². The fourth-order valence-corrected chi connectivity index (χ4v) is 1.97. The van der Waals surface area contributed by atoms with Crippen LogP contribution in [0.5, 0.6) is 5.75 Å². The Bertz CT molecular complexity index is 644. The van der Waals surface area contributed by atoms with E-state index in [1.54, 1.807) is 13.0 Å². The molecular formula is C12H9Cl2N3O3. The highest BCUT2D eigenvalue weighted by molar-refractivity contribution is 6.30. The van der Waals surface area contributed by atoms with Gasteiger partial charge in [0.05, 0.1) is 4.92 Å². The van der Waals surface area contributed by atoms with E-state index in [1.807, 2.05) is 0 Å². The highest BCUT2D eigenvalue weighted by Crippen LogP contribution is 2.30. The first-order chi connectivity index (χ1) is 9.45. The van der Waals surface area contributed by atoms with Gasteiger partial charge in [0.15, 0.2) is 11.6 Å². The molecule has 2 rings (SSSR count). The number of nitro benzene ring substituents is 1. The minimum atomic E-state index is -0.546. The van der Waals surface area contributed by atoms with Crippen LogP contribution in [-0.2, 0) is 6.61 Å². The maximum atomic E-state index is 10.9. The van der Waals surface area contributed by atoms with E-state index in [4.69, 9.17) is 27.9 Å². The summed E-state index contributed by atoms with van der Waals surface area (Å²) >= 11 is 11.6. The molecule has 1 heterocycles. The summed E-state index contributed by atoms with van der Waals surface area (Å²) in [5.74, 6) is 0.396. The van der Waals surface area contributed by atoms with Crippen molar-refractivity contribution in [3.63, 3.8) is 0 Å². The van der Waals surface area contributed by atoms with Gasteiger partial charge in [-0.2, -0.15) is 0 Å². The van der Waals surface area contributed by atoms with E-state index in [9.17, 15) is 10.1 Å². The second kappa shape index (κ2) is 6.02. The monoisotopic (exact) mass is 313 g/mol. The topological polar surface area (TPSA) is 78.2 Å². The number of ether oxygens (including phenoxy) is 1. The number of nitrogens with zero attached hydrogens (tertiary/aromatic N) is 3. The van der Waals surface area contributed by atoms with Crippen LogP contribution in [0.2, 0.25) is 10.2 Å². The van der Waals surface area contributed by atoms with Crippen molar-refractivity contribution in [2.75, 3.05) is 0 Å². The Morgan fingerprint density at radius 2 is 2.05 bits per heavy atom. The van der Waals surface area contributed by atoms with Gasteiger partial charge in [0.2, 0.25) is 0 Å². The van der Waals surface area contributed by atoms with Gasteiger partial charge in [-0.15, -0.1) is 0 Å². The van der Waals surface area contributed by atoms with Crippen molar-refractivity contribution in [3.8, 4) is 5.75 Å². The quantitative estimate of drug-likeness (QED) is 0.489. The van der Waals surface area contributed by atoms with Gasteiger partial charge in [-0.3, -0.25) is 10.1 Å². The molecule has 6 nitrogen and oxygen atoms in total. The SMILES string of the molecule is Cc1cc(Cl)nc(COc2cc(Cl)ccc2[N+](=O)[O-])n1. The van der Waals surface area contributed by atoms with Crippen molar-refractivity contribution >= 4 is 28.9 Å². The molecule has 0 radical (unpaired) electrons. The van der Waals surface area contributed by atoms with E-state index < -0.39 is 4.92 Å². The van der Waals surface area contributed by atoms with E-state index in [-0.39, 0.29) is 23.2 Å². The third kappa shape index (κ3) is 3.55. The molecule has 104 valence electrons. The van der Waals surface area contributed by atoms with Gasteiger partial charge in [-0.25, -0.2) is 9.97 Å². The summed E-state index contributed by atoms with van der Waals surface area (Å²) in [6, 6.07) is 5.68. The lowest BCUT2D eigenvalue weighted by molar-refractivity contribution is -0.385. The van der Waals surface area contributed by atoms with Crippen molar-refractivity contribution in [2.45, 2.75) is 13.5 Å². The van der Waals surface area contributed by atoms with Gasteiger partial charge in [0.25, 0.3) is 0 Å². The Morgan fingerprint density at radius 3 is 2.70 bits per heavy atom. The Balaban J connectivity index is 2.22. The van der Waals surface area contributed by atoms with Crippen molar-refractivity contribution < 1.29 is 9.66 Å². The number of halogens is 2. The first kappa shape index (κ1) is 14.5. The predicted molar refractivity (Wildman–Crippen MR) is 74.2 cm³/mol. The van der Waals surface area contributed by atoms with Crippen LogP contribution in [-0.4, -0.2) is 14.9 Å². The Kier molecular flexibility index (Phi) is 4.36. The van der Waals surface area contributed by atoms with E-state index in [1.165, 1.54) is 18.2 Å². The molecule has 0 spiro atoms. The van der Waals surface area contributed by atoms with Crippen LogP contribution in [0.3, 0.4) is 0 Å². The first-order valence-corrected chi connectivity index (χ1v) is 6.28. The predicted octanol–water partition coefficient (Wildman–Crippen LogP) is 3.58.